The number of aromatic nitrogens is 3. The lowest BCUT2D eigenvalue weighted by molar-refractivity contribution is 0.0643. The van der Waals surface area contributed by atoms with Crippen molar-refractivity contribution in [1.29, 1.82) is 0 Å². The van der Waals surface area contributed by atoms with E-state index in [9.17, 15) is 4.79 Å². The first-order valence-corrected chi connectivity index (χ1v) is 5.98. The molecule has 1 saturated heterocycles. The summed E-state index contributed by atoms with van der Waals surface area (Å²) in [5, 5.41) is 16.8. The molecule has 0 spiro atoms. The third-order valence-electron chi connectivity index (χ3n) is 3.07. The number of carboxylic acid groups (broad SMARTS) is 1. The second kappa shape index (κ2) is 5.92. The maximum absolute atomic E-state index is 11.1. The zero-order valence-electron chi connectivity index (χ0n) is 10.3. The van der Waals surface area contributed by atoms with Gasteiger partial charge in [0, 0.05) is 26.7 Å². The number of rotatable bonds is 5. The summed E-state index contributed by atoms with van der Waals surface area (Å²) in [6.07, 6.45) is 2.17. The molecule has 0 radical (unpaired) electrons. The van der Waals surface area contributed by atoms with E-state index in [4.69, 9.17) is 14.6 Å². The van der Waals surface area contributed by atoms with Crippen molar-refractivity contribution in [2.45, 2.75) is 25.3 Å². The SMILES string of the molecule is COCCc1c(C(=O)O)nnn1C1CCOCC1. The summed E-state index contributed by atoms with van der Waals surface area (Å²) in [6.45, 7) is 1.81. The van der Waals surface area contributed by atoms with Gasteiger partial charge < -0.3 is 14.6 Å². The van der Waals surface area contributed by atoms with Gasteiger partial charge in [0.1, 0.15) is 0 Å². The first kappa shape index (κ1) is 13.0. The highest BCUT2D eigenvalue weighted by molar-refractivity contribution is 5.86. The van der Waals surface area contributed by atoms with Crippen molar-refractivity contribution in [2.24, 2.45) is 0 Å². The minimum atomic E-state index is -1.04. The van der Waals surface area contributed by atoms with E-state index in [0.29, 0.717) is 31.9 Å². The number of nitrogens with zero attached hydrogens (tertiary/aromatic N) is 3. The van der Waals surface area contributed by atoms with E-state index in [1.165, 1.54) is 0 Å². The van der Waals surface area contributed by atoms with Gasteiger partial charge in [-0.05, 0) is 12.8 Å². The van der Waals surface area contributed by atoms with Crippen molar-refractivity contribution in [2.75, 3.05) is 26.9 Å². The Hall–Kier alpha value is -1.47. The van der Waals surface area contributed by atoms with Crippen molar-refractivity contribution < 1.29 is 19.4 Å². The van der Waals surface area contributed by atoms with Crippen LogP contribution in [0.15, 0.2) is 0 Å². The highest BCUT2D eigenvalue weighted by Gasteiger charge is 2.24. The van der Waals surface area contributed by atoms with Crippen molar-refractivity contribution in [1.82, 2.24) is 15.0 Å². The Morgan fingerprint density at radius 2 is 2.28 bits per heavy atom. The molecule has 7 nitrogen and oxygen atoms in total. The minimum absolute atomic E-state index is 0.0264. The standard InChI is InChI=1S/C11H17N3O4/c1-17-5-4-9-10(11(15)16)12-13-14(9)8-2-6-18-7-3-8/h8H,2-7H2,1H3,(H,15,16). The average molecular weight is 255 g/mol. The fraction of sp³-hybridized carbons (Fsp3) is 0.727. The Morgan fingerprint density at radius 1 is 1.56 bits per heavy atom. The van der Waals surface area contributed by atoms with Gasteiger partial charge in [-0.15, -0.1) is 5.10 Å². The summed E-state index contributed by atoms with van der Waals surface area (Å²) in [5.41, 5.74) is 0.662. The van der Waals surface area contributed by atoms with E-state index in [-0.39, 0.29) is 11.7 Å². The van der Waals surface area contributed by atoms with Crippen molar-refractivity contribution in [3.8, 4) is 0 Å². The van der Waals surface area contributed by atoms with Gasteiger partial charge in [-0.1, -0.05) is 5.21 Å². The molecule has 0 atom stereocenters. The normalized spacial score (nSPS) is 16.9. The summed E-state index contributed by atoms with van der Waals surface area (Å²) in [4.78, 5) is 11.1. The van der Waals surface area contributed by atoms with Crippen LogP contribution in [-0.4, -0.2) is 53.0 Å². The molecule has 0 saturated carbocycles. The number of methoxy groups -OCH3 is 1. The maximum Gasteiger partial charge on any atom is 0.358 e. The summed E-state index contributed by atoms with van der Waals surface area (Å²) in [5.74, 6) is -1.04. The molecule has 1 aromatic rings. The Kier molecular flexibility index (Phi) is 4.27. The Morgan fingerprint density at radius 3 is 2.89 bits per heavy atom. The van der Waals surface area contributed by atoms with Crippen LogP contribution >= 0.6 is 0 Å². The third-order valence-corrected chi connectivity index (χ3v) is 3.07. The molecule has 0 amide bonds. The number of hydrogen-bond acceptors (Lipinski definition) is 5. The second-order valence-electron chi connectivity index (χ2n) is 4.22. The second-order valence-corrected chi connectivity index (χ2v) is 4.22. The molecule has 2 rings (SSSR count). The molecule has 0 aromatic carbocycles. The van der Waals surface area contributed by atoms with Crippen LogP contribution in [0, 0.1) is 0 Å². The van der Waals surface area contributed by atoms with E-state index in [0.717, 1.165) is 12.8 Å². The Bertz CT molecular complexity index is 412. The van der Waals surface area contributed by atoms with Gasteiger partial charge in [0.15, 0.2) is 5.69 Å². The van der Waals surface area contributed by atoms with Gasteiger partial charge in [-0.25, -0.2) is 9.48 Å². The maximum atomic E-state index is 11.1. The zero-order valence-corrected chi connectivity index (χ0v) is 10.3. The van der Waals surface area contributed by atoms with Crippen LogP contribution in [0.4, 0.5) is 0 Å². The highest BCUT2D eigenvalue weighted by atomic mass is 16.5. The Balaban J connectivity index is 2.24. The number of ether oxygens (including phenoxy) is 2. The number of aromatic carboxylic acids is 1. The Labute approximate surface area is 105 Å². The molecule has 18 heavy (non-hydrogen) atoms. The van der Waals surface area contributed by atoms with E-state index in [1.807, 2.05) is 0 Å². The third kappa shape index (κ3) is 2.68. The quantitative estimate of drug-likeness (QED) is 0.825. The molecule has 0 aliphatic carbocycles. The molecule has 0 bridgehead atoms. The highest BCUT2D eigenvalue weighted by Crippen LogP contribution is 2.23. The van der Waals surface area contributed by atoms with Gasteiger partial charge in [0.2, 0.25) is 0 Å². The van der Waals surface area contributed by atoms with Crippen LogP contribution in [0.2, 0.25) is 0 Å². The molecular formula is C11H17N3O4. The lowest BCUT2D eigenvalue weighted by atomic mass is 10.1. The van der Waals surface area contributed by atoms with Gasteiger partial charge >= 0.3 is 5.97 Å². The smallest absolute Gasteiger partial charge is 0.358 e. The summed E-state index contributed by atoms with van der Waals surface area (Å²) >= 11 is 0. The van der Waals surface area contributed by atoms with E-state index >= 15 is 0 Å². The topological polar surface area (TPSA) is 86.5 Å². The predicted octanol–water partition coefficient (Wildman–Crippen LogP) is 0.517. The fourth-order valence-corrected chi connectivity index (χ4v) is 2.13. The summed E-state index contributed by atoms with van der Waals surface area (Å²) in [6, 6.07) is 0.172. The lowest BCUT2D eigenvalue weighted by Gasteiger charge is -2.23. The first-order chi connectivity index (χ1) is 8.74. The summed E-state index contributed by atoms with van der Waals surface area (Å²) in [7, 11) is 1.59. The molecule has 1 fully saturated rings. The van der Waals surface area contributed by atoms with Crippen LogP contribution in [0.3, 0.4) is 0 Å². The van der Waals surface area contributed by atoms with E-state index in [1.54, 1.807) is 11.8 Å². The van der Waals surface area contributed by atoms with Gasteiger partial charge in [-0.2, -0.15) is 0 Å². The molecule has 1 N–H and O–H groups in total. The molecule has 1 aliphatic heterocycles. The number of carbonyl (C=O) groups is 1. The molecule has 100 valence electrons. The average Bonchev–Trinajstić information content (AvgIpc) is 2.81. The van der Waals surface area contributed by atoms with E-state index in [2.05, 4.69) is 10.3 Å². The monoisotopic (exact) mass is 255 g/mol. The van der Waals surface area contributed by atoms with Crippen molar-refractivity contribution >= 4 is 5.97 Å². The van der Waals surface area contributed by atoms with Gasteiger partial charge in [0.05, 0.1) is 18.3 Å². The summed E-state index contributed by atoms with van der Waals surface area (Å²) < 4.78 is 12.0. The fourth-order valence-electron chi connectivity index (χ4n) is 2.13. The molecular weight excluding hydrogens is 238 g/mol. The molecule has 2 heterocycles. The zero-order chi connectivity index (χ0) is 13.0. The lowest BCUT2D eigenvalue weighted by Crippen LogP contribution is -2.23. The van der Waals surface area contributed by atoms with Gasteiger partial charge in [-0.3, -0.25) is 0 Å². The van der Waals surface area contributed by atoms with Crippen LogP contribution in [0.1, 0.15) is 35.1 Å². The minimum Gasteiger partial charge on any atom is -0.476 e. The van der Waals surface area contributed by atoms with Crippen LogP contribution in [0.25, 0.3) is 0 Å². The molecule has 1 aromatic heterocycles. The number of carboxylic acids is 1. The van der Waals surface area contributed by atoms with Gasteiger partial charge in [0.25, 0.3) is 0 Å². The van der Waals surface area contributed by atoms with E-state index < -0.39 is 5.97 Å². The predicted molar refractivity (Wildman–Crippen MR) is 61.7 cm³/mol. The van der Waals surface area contributed by atoms with Crippen LogP contribution in [0.5, 0.6) is 0 Å². The molecule has 7 heteroatoms. The largest absolute Gasteiger partial charge is 0.476 e. The molecule has 1 aliphatic rings. The molecule has 0 unspecified atom stereocenters. The van der Waals surface area contributed by atoms with Crippen molar-refractivity contribution in [3.63, 3.8) is 0 Å². The first-order valence-electron chi connectivity index (χ1n) is 5.98. The van der Waals surface area contributed by atoms with Crippen LogP contribution in [-0.2, 0) is 15.9 Å². The van der Waals surface area contributed by atoms with Crippen molar-refractivity contribution in [3.05, 3.63) is 11.4 Å². The van der Waals surface area contributed by atoms with Crippen LogP contribution < -0.4 is 0 Å². The number of hydrogen-bond donors (Lipinski definition) is 1.